The van der Waals surface area contributed by atoms with Gasteiger partial charge >= 0.3 is 0 Å². The molecule has 0 spiro atoms. The van der Waals surface area contributed by atoms with Gasteiger partial charge in [-0.15, -0.1) is 0 Å². The van der Waals surface area contributed by atoms with Crippen LogP contribution in [0, 0.1) is 0 Å². The summed E-state index contributed by atoms with van der Waals surface area (Å²) in [5.74, 6) is 0.245. The number of nitrogens with zero attached hydrogens (tertiary/aromatic N) is 2. The monoisotopic (exact) mass is 254 g/mol. The first-order valence-corrected chi connectivity index (χ1v) is 6.00. The summed E-state index contributed by atoms with van der Waals surface area (Å²) in [5.41, 5.74) is 2.38. The predicted octanol–water partition coefficient (Wildman–Crippen LogP) is 3.11. The molecule has 1 atom stereocenters. The lowest BCUT2D eigenvalue weighted by atomic mass is 9.93. The smallest absolute Gasteiger partial charge is 0.161 e. The van der Waals surface area contributed by atoms with Crippen molar-refractivity contribution in [2.75, 3.05) is 0 Å². The fourth-order valence-corrected chi connectivity index (χ4v) is 2.38. The van der Waals surface area contributed by atoms with Gasteiger partial charge in [-0.2, -0.15) is 0 Å². The molecule has 3 rings (SSSR count). The molecular weight excluding hydrogens is 240 g/mol. The van der Waals surface area contributed by atoms with Crippen molar-refractivity contribution in [3.8, 4) is 0 Å². The van der Waals surface area contributed by atoms with Gasteiger partial charge < -0.3 is 14.8 Å². The van der Waals surface area contributed by atoms with E-state index in [9.17, 15) is 10.2 Å². The number of hydrogen-bond acceptors (Lipinski definition) is 3. The zero-order valence-electron chi connectivity index (χ0n) is 10.5. The molecule has 1 heterocycles. The number of aliphatic hydroxyl groups is 2. The molecule has 0 radical (unpaired) electrons. The predicted molar refractivity (Wildman–Crippen MR) is 74.0 cm³/mol. The lowest BCUT2D eigenvalue weighted by Gasteiger charge is -2.19. The van der Waals surface area contributed by atoms with Crippen LogP contribution in [-0.4, -0.2) is 19.8 Å². The number of allylic oxidation sites excluding steroid dienone is 3. The molecule has 0 saturated heterocycles. The fourth-order valence-electron chi connectivity index (χ4n) is 2.38. The van der Waals surface area contributed by atoms with E-state index in [-0.39, 0.29) is 17.4 Å². The van der Waals surface area contributed by atoms with E-state index in [0.717, 1.165) is 16.9 Å². The first-order valence-electron chi connectivity index (χ1n) is 6.00. The Morgan fingerprint density at radius 3 is 2.74 bits per heavy atom. The summed E-state index contributed by atoms with van der Waals surface area (Å²) in [7, 11) is 1.93. The Balaban J connectivity index is 2.14. The highest BCUT2D eigenvalue weighted by atomic mass is 16.3. The Morgan fingerprint density at radius 2 is 2.00 bits per heavy atom. The van der Waals surface area contributed by atoms with Crippen molar-refractivity contribution >= 4 is 11.0 Å². The summed E-state index contributed by atoms with van der Waals surface area (Å²) in [6.07, 6.45) is 3.27. The molecule has 4 heteroatoms. The van der Waals surface area contributed by atoms with Gasteiger partial charge in [0, 0.05) is 12.6 Å². The third kappa shape index (κ3) is 1.64. The first kappa shape index (κ1) is 11.6. The lowest BCUT2D eigenvalue weighted by Crippen LogP contribution is -2.12. The summed E-state index contributed by atoms with van der Waals surface area (Å²) >= 11 is 0. The maximum atomic E-state index is 9.79. The minimum atomic E-state index is -0.228. The van der Waals surface area contributed by atoms with E-state index in [1.807, 2.05) is 35.9 Å². The summed E-state index contributed by atoms with van der Waals surface area (Å²) in [5, 5.41) is 19.3. The topological polar surface area (TPSA) is 58.3 Å². The Bertz CT molecular complexity index is 738. The van der Waals surface area contributed by atoms with Gasteiger partial charge in [0.25, 0.3) is 0 Å². The van der Waals surface area contributed by atoms with E-state index >= 15 is 0 Å². The molecule has 0 amide bonds. The van der Waals surface area contributed by atoms with Crippen LogP contribution in [0.4, 0.5) is 0 Å². The molecule has 2 N–H and O–H groups in total. The van der Waals surface area contributed by atoms with Crippen LogP contribution in [0.25, 0.3) is 11.0 Å². The minimum absolute atomic E-state index is 0.153. The Hall–Kier alpha value is -2.49. The number of rotatable bonds is 1. The van der Waals surface area contributed by atoms with Gasteiger partial charge in [-0.25, -0.2) is 4.98 Å². The number of aliphatic hydroxyl groups excluding tert-OH is 2. The van der Waals surface area contributed by atoms with Crippen molar-refractivity contribution in [3.05, 3.63) is 65.9 Å². The van der Waals surface area contributed by atoms with Crippen LogP contribution >= 0.6 is 0 Å². The molecule has 1 aromatic carbocycles. The molecule has 1 unspecified atom stereocenters. The second kappa shape index (κ2) is 4.02. The van der Waals surface area contributed by atoms with Gasteiger partial charge in [-0.3, -0.25) is 0 Å². The molecule has 1 aliphatic rings. The van der Waals surface area contributed by atoms with Gasteiger partial charge in [0.15, 0.2) is 11.5 Å². The largest absolute Gasteiger partial charge is 0.504 e. The summed E-state index contributed by atoms with van der Waals surface area (Å²) in [6.45, 7) is 3.84. The maximum Gasteiger partial charge on any atom is 0.161 e. The van der Waals surface area contributed by atoms with Gasteiger partial charge in [0.2, 0.25) is 0 Å². The number of benzene rings is 1. The summed E-state index contributed by atoms with van der Waals surface area (Å²) in [4.78, 5) is 4.58. The number of imidazole rings is 1. The average Bonchev–Trinajstić information content (AvgIpc) is 2.74. The van der Waals surface area contributed by atoms with E-state index in [2.05, 4.69) is 11.6 Å². The van der Waals surface area contributed by atoms with Gasteiger partial charge in [0.05, 0.1) is 17.0 Å². The quantitative estimate of drug-likeness (QED) is 0.822. The molecule has 19 heavy (non-hydrogen) atoms. The molecule has 0 fully saturated rings. The fraction of sp³-hybridized carbons (Fsp3) is 0.133. The Labute approximate surface area is 110 Å². The summed E-state index contributed by atoms with van der Waals surface area (Å²) < 4.78 is 1.98. The van der Waals surface area contributed by atoms with Crippen LogP contribution in [-0.2, 0) is 7.05 Å². The van der Waals surface area contributed by atoms with Crippen molar-refractivity contribution in [2.24, 2.45) is 7.05 Å². The van der Waals surface area contributed by atoms with Crippen molar-refractivity contribution in [3.63, 3.8) is 0 Å². The Morgan fingerprint density at radius 1 is 1.26 bits per heavy atom. The maximum absolute atomic E-state index is 9.79. The van der Waals surface area contributed by atoms with Crippen LogP contribution in [0.1, 0.15) is 11.7 Å². The third-order valence-corrected chi connectivity index (χ3v) is 3.47. The standard InChI is InChI=1S/C15H14N2O2/c1-9-10(7-8-13(18)14(9)19)15-16-11-5-3-4-6-12(11)17(15)2/h3-8,10,18-19H,1H2,2H3. The molecule has 96 valence electrons. The second-order valence-electron chi connectivity index (χ2n) is 4.61. The zero-order chi connectivity index (χ0) is 13.6. The molecule has 2 aromatic rings. The zero-order valence-corrected chi connectivity index (χ0v) is 10.5. The van der Waals surface area contributed by atoms with Gasteiger partial charge in [0.1, 0.15) is 5.82 Å². The number of fused-ring (bicyclic) bond motifs is 1. The number of para-hydroxylation sites is 2. The second-order valence-corrected chi connectivity index (χ2v) is 4.61. The van der Waals surface area contributed by atoms with Crippen LogP contribution in [0.15, 0.2) is 60.1 Å². The van der Waals surface area contributed by atoms with Crippen molar-refractivity contribution in [1.82, 2.24) is 9.55 Å². The lowest BCUT2D eigenvalue weighted by molar-refractivity contribution is 0.339. The molecule has 0 saturated carbocycles. The van der Waals surface area contributed by atoms with E-state index in [1.165, 1.54) is 6.08 Å². The molecule has 0 aliphatic heterocycles. The SMILES string of the molecule is C=C1C(O)=C(O)C=CC1c1nc2ccccc2n1C. The molecule has 4 nitrogen and oxygen atoms in total. The average molecular weight is 254 g/mol. The molecular formula is C15H14N2O2. The minimum Gasteiger partial charge on any atom is -0.504 e. The highest BCUT2D eigenvalue weighted by molar-refractivity contribution is 5.76. The van der Waals surface area contributed by atoms with Crippen LogP contribution in [0.5, 0.6) is 0 Å². The third-order valence-electron chi connectivity index (χ3n) is 3.47. The van der Waals surface area contributed by atoms with Gasteiger partial charge in [-0.05, 0) is 18.2 Å². The van der Waals surface area contributed by atoms with Crippen LogP contribution in [0.2, 0.25) is 0 Å². The normalized spacial score (nSPS) is 19.4. The first-order chi connectivity index (χ1) is 9.09. The van der Waals surface area contributed by atoms with E-state index in [4.69, 9.17) is 0 Å². The Kier molecular flexibility index (Phi) is 2.45. The van der Waals surface area contributed by atoms with Crippen molar-refractivity contribution in [2.45, 2.75) is 5.92 Å². The highest BCUT2D eigenvalue weighted by Crippen LogP contribution is 2.34. The van der Waals surface area contributed by atoms with E-state index in [0.29, 0.717) is 5.57 Å². The highest BCUT2D eigenvalue weighted by Gasteiger charge is 2.25. The number of aromatic nitrogens is 2. The van der Waals surface area contributed by atoms with Crippen LogP contribution < -0.4 is 0 Å². The molecule has 0 bridgehead atoms. The summed E-state index contributed by atoms with van der Waals surface area (Å²) in [6, 6.07) is 7.84. The van der Waals surface area contributed by atoms with E-state index < -0.39 is 0 Å². The molecule has 1 aromatic heterocycles. The van der Waals surface area contributed by atoms with Crippen molar-refractivity contribution in [1.29, 1.82) is 0 Å². The van der Waals surface area contributed by atoms with Crippen molar-refractivity contribution < 1.29 is 10.2 Å². The number of hydrogen-bond donors (Lipinski definition) is 2. The van der Waals surface area contributed by atoms with E-state index in [1.54, 1.807) is 6.08 Å². The molecule has 1 aliphatic carbocycles. The van der Waals surface area contributed by atoms with Gasteiger partial charge in [-0.1, -0.05) is 24.8 Å². The number of aryl methyl sites for hydroxylation is 1. The van der Waals surface area contributed by atoms with Crippen LogP contribution in [0.3, 0.4) is 0 Å².